The number of carbonyl (C=O) groups is 1. The number of benzene rings is 3. The summed E-state index contributed by atoms with van der Waals surface area (Å²) in [4.78, 5) is 37.4. The van der Waals surface area contributed by atoms with E-state index < -0.39 is 17.2 Å². The van der Waals surface area contributed by atoms with Crippen LogP contribution in [0.2, 0.25) is 5.02 Å². The van der Waals surface area contributed by atoms with Crippen LogP contribution < -0.4 is 16.0 Å². The molecule has 0 bridgehead atoms. The molecule has 0 atom stereocenters. The van der Waals surface area contributed by atoms with Crippen LogP contribution in [0.3, 0.4) is 0 Å². The monoisotopic (exact) mass is 458 g/mol. The second-order valence-corrected chi connectivity index (χ2v) is 7.96. The topological polar surface area (TPSA) is 86.7 Å². The zero-order valence-electron chi connectivity index (χ0n) is 17.3. The largest absolute Gasteiger partial charge is 0.423 e. The molecule has 0 radical (unpaired) electrons. The van der Waals surface area contributed by atoms with Gasteiger partial charge in [0.1, 0.15) is 16.9 Å². The minimum Gasteiger partial charge on any atom is -0.423 e. The first-order chi connectivity index (χ1) is 15.9. The Bertz CT molecular complexity index is 1680. The molecule has 7 heteroatoms. The first kappa shape index (κ1) is 20.7. The molecule has 33 heavy (non-hydrogen) atoms. The van der Waals surface area contributed by atoms with Crippen molar-refractivity contribution in [3.63, 3.8) is 0 Å². The third-order valence-corrected chi connectivity index (χ3v) is 5.40. The molecule has 162 valence electrons. The molecule has 0 spiro atoms. The molecule has 0 aliphatic rings. The summed E-state index contributed by atoms with van der Waals surface area (Å²) < 4.78 is 16.2. The van der Waals surface area contributed by atoms with E-state index in [1.807, 2.05) is 13.0 Å². The summed E-state index contributed by atoms with van der Waals surface area (Å²) in [5.41, 5.74) is 1.13. The van der Waals surface area contributed by atoms with E-state index in [0.29, 0.717) is 32.5 Å². The number of esters is 1. The van der Waals surface area contributed by atoms with Gasteiger partial charge in [-0.05, 0) is 55.5 Å². The van der Waals surface area contributed by atoms with Gasteiger partial charge in [0, 0.05) is 33.5 Å². The summed E-state index contributed by atoms with van der Waals surface area (Å²) in [7, 11) is 0. The van der Waals surface area contributed by atoms with E-state index in [1.54, 1.807) is 54.6 Å². The standard InChI is InChI=1S/C26H15ClO6/c1-14-3-2-4-15(9-14)25(29)31-18-6-7-19-20(13-24(28)32-23(19)12-18)21-11-16-10-17(27)5-8-22(16)33-26(21)30/h2-13H,1H3. The van der Waals surface area contributed by atoms with Crippen molar-refractivity contribution in [2.75, 3.05) is 0 Å². The van der Waals surface area contributed by atoms with Crippen LogP contribution in [0.1, 0.15) is 15.9 Å². The Balaban J connectivity index is 1.60. The van der Waals surface area contributed by atoms with Crippen LogP contribution in [0.4, 0.5) is 0 Å². The van der Waals surface area contributed by atoms with Gasteiger partial charge >= 0.3 is 17.2 Å². The zero-order chi connectivity index (χ0) is 23.1. The van der Waals surface area contributed by atoms with Gasteiger partial charge in [0.15, 0.2) is 0 Å². The Hall–Kier alpha value is -4.16. The lowest BCUT2D eigenvalue weighted by Gasteiger charge is -2.09. The summed E-state index contributed by atoms with van der Waals surface area (Å²) in [5.74, 6) is -0.338. The lowest BCUT2D eigenvalue weighted by atomic mass is 10.0. The molecule has 5 aromatic rings. The molecule has 0 aliphatic carbocycles. The quantitative estimate of drug-likeness (QED) is 0.194. The van der Waals surface area contributed by atoms with Crippen molar-refractivity contribution in [1.82, 2.24) is 0 Å². The molecule has 0 amide bonds. The molecule has 0 N–H and O–H groups in total. The van der Waals surface area contributed by atoms with Crippen molar-refractivity contribution < 1.29 is 18.4 Å². The van der Waals surface area contributed by atoms with Gasteiger partial charge in [-0.3, -0.25) is 0 Å². The molecular formula is C26H15ClO6. The van der Waals surface area contributed by atoms with Gasteiger partial charge in [-0.1, -0.05) is 29.3 Å². The Kier molecular flexibility index (Phi) is 5.07. The van der Waals surface area contributed by atoms with Gasteiger partial charge in [0.05, 0.1) is 11.1 Å². The van der Waals surface area contributed by atoms with Crippen LogP contribution in [0, 0.1) is 6.92 Å². The highest BCUT2D eigenvalue weighted by Gasteiger charge is 2.16. The predicted octanol–water partition coefficient (Wildman–Crippen LogP) is 5.75. The van der Waals surface area contributed by atoms with Gasteiger partial charge in [-0.25, -0.2) is 14.4 Å². The molecule has 0 saturated heterocycles. The molecule has 2 aromatic heterocycles. The fourth-order valence-electron chi connectivity index (χ4n) is 3.65. The van der Waals surface area contributed by atoms with E-state index in [2.05, 4.69) is 0 Å². The van der Waals surface area contributed by atoms with Crippen LogP contribution in [-0.2, 0) is 0 Å². The maximum Gasteiger partial charge on any atom is 0.344 e. The lowest BCUT2D eigenvalue weighted by Crippen LogP contribution is -2.09. The highest BCUT2D eigenvalue weighted by Crippen LogP contribution is 2.30. The molecule has 0 unspecified atom stereocenters. The molecule has 0 saturated carbocycles. The van der Waals surface area contributed by atoms with E-state index >= 15 is 0 Å². The number of aryl methyl sites for hydroxylation is 1. The Morgan fingerprint density at radius 2 is 1.70 bits per heavy atom. The highest BCUT2D eigenvalue weighted by atomic mass is 35.5. The molecule has 0 fully saturated rings. The summed E-state index contributed by atoms with van der Waals surface area (Å²) >= 11 is 6.06. The zero-order valence-corrected chi connectivity index (χ0v) is 18.0. The summed E-state index contributed by atoms with van der Waals surface area (Å²) in [6.07, 6.45) is 0. The number of hydrogen-bond acceptors (Lipinski definition) is 6. The average molecular weight is 459 g/mol. The lowest BCUT2D eigenvalue weighted by molar-refractivity contribution is 0.0735. The Morgan fingerprint density at radius 3 is 2.52 bits per heavy atom. The van der Waals surface area contributed by atoms with Gasteiger partial charge < -0.3 is 13.6 Å². The Morgan fingerprint density at radius 1 is 0.848 bits per heavy atom. The number of fused-ring (bicyclic) bond motifs is 2. The maximum atomic E-state index is 12.7. The number of halogens is 1. The molecule has 5 rings (SSSR count). The first-order valence-electron chi connectivity index (χ1n) is 9.98. The molecule has 2 heterocycles. The van der Waals surface area contributed by atoms with Crippen molar-refractivity contribution in [3.8, 4) is 16.9 Å². The first-order valence-corrected chi connectivity index (χ1v) is 10.4. The third kappa shape index (κ3) is 4.04. The van der Waals surface area contributed by atoms with Crippen LogP contribution in [0.25, 0.3) is 33.1 Å². The van der Waals surface area contributed by atoms with Crippen molar-refractivity contribution >= 4 is 39.5 Å². The minimum absolute atomic E-state index is 0.164. The molecule has 0 aliphatic heterocycles. The Labute approximate surface area is 191 Å². The number of rotatable bonds is 3. The predicted molar refractivity (Wildman–Crippen MR) is 125 cm³/mol. The maximum absolute atomic E-state index is 12.7. The molecular weight excluding hydrogens is 444 g/mol. The second kappa shape index (κ2) is 8.07. The summed E-state index contributed by atoms with van der Waals surface area (Å²) in [6, 6.07) is 19.4. The van der Waals surface area contributed by atoms with E-state index in [9.17, 15) is 14.4 Å². The second-order valence-electron chi connectivity index (χ2n) is 7.53. The fourth-order valence-corrected chi connectivity index (χ4v) is 3.83. The van der Waals surface area contributed by atoms with E-state index in [4.69, 9.17) is 25.2 Å². The van der Waals surface area contributed by atoms with Crippen LogP contribution in [0.15, 0.2) is 91.2 Å². The number of hydrogen-bond donors (Lipinski definition) is 0. The van der Waals surface area contributed by atoms with Crippen molar-refractivity contribution in [1.29, 1.82) is 0 Å². The smallest absolute Gasteiger partial charge is 0.344 e. The van der Waals surface area contributed by atoms with Crippen LogP contribution >= 0.6 is 11.6 Å². The number of ether oxygens (including phenoxy) is 1. The molecule has 3 aromatic carbocycles. The average Bonchev–Trinajstić information content (AvgIpc) is 2.78. The summed E-state index contributed by atoms with van der Waals surface area (Å²) in [6.45, 7) is 1.88. The SMILES string of the molecule is Cc1cccc(C(=O)Oc2ccc3c(-c4cc5cc(Cl)ccc5oc4=O)cc(=O)oc3c2)c1. The normalized spacial score (nSPS) is 11.1. The van der Waals surface area contributed by atoms with Crippen molar-refractivity contribution in [2.45, 2.75) is 6.92 Å². The van der Waals surface area contributed by atoms with Crippen LogP contribution in [-0.4, -0.2) is 5.97 Å². The number of carbonyl (C=O) groups excluding carboxylic acids is 1. The summed E-state index contributed by atoms with van der Waals surface area (Å²) in [5, 5.41) is 1.58. The van der Waals surface area contributed by atoms with Crippen molar-refractivity contribution in [2.24, 2.45) is 0 Å². The van der Waals surface area contributed by atoms with Gasteiger partial charge in [0.25, 0.3) is 0 Å². The van der Waals surface area contributed by atoms with Crippen molar-refractivity contribution in [3.05, 3.63) is 110 Å². The van der Waals surface area contributed by atoms with E-state index in [0.717, 1.165) is 5.56 Å². The van der Waals surface area contributed by atoms with E-state index in [-0.39, 0.29) is 16.9 Å². The van der Waals surface area contributed by atoms with Gasteiger partial charge in [-0.15, -0.1) is 0 Å². The van der Waals surface area contributed by atoms with Gasteiger partial charge in [-0.2, -0.15) is 0 Å². The van der Waals surface area contributed by atoms with Gasteiger partial charge in [0.2, 0.25) is 0 Å². The minimum atomic E-state index is -0.662. The highest BCUT2D eigenvalue weighted by molar-refractivity contribution is 6.31. The fraction of sp³-hybridized carbons (Fsp3) is 0.0385. The van der Waals surface area contributed by atoms with E-state index in [1.165, 1.54) is 12.1 Å². The third-order valence-electron chi connectivity index (χ3n) is 5.16. The van der Waals surface area contributed by atoms with Crippen LogP contribution in [0.5, 0.6) is 5.75 Å². The molecule has 6 nitrogen and oxygen atoms in total.